The van der Waals surface area contributed by atoms with Crippen molar-refractivity contribution in [2.75, 3.05) is 6.54 Å². The molecule has 0 aliphatic carbocycles. The molecule has 6 nitrogen and oxygen atoms in total. The third kappa shape index (κ3) is 4.98. The zero-order valence-corrected chi connectivity index (χ0v) is 16.2. The molecule has 7 heteroatoms. The molecule has 2 aromatic carbocycles. The predicted molar refractivity (Wildman–Crippen MR) is 107 cm³/mol. The van der Waals surface area contributed by atoms with Crippen molar-refractivity contribution in [3.8, 4) is 17.1 Å². The van der Waals surface area contributed by atoms with Gasteiger partial charge >= 0.3 is 0 Å². The second-order valence-electron chi connectivity index (χ2n) is 6.10. The van der Waals surface area contributed by atoms with Gasteiger partial charge in [-0.15, -0.1) is 6.58 Å². The Kier molecular flexibility index (Phi) is 6.45. The van der Waals surface area contributed by atoms with E-state index in [0.29, 0.717) is 29.0 Å². The van der Waals surface area contributed by atoms with Crippen LogP contribution in [-0.2, 0) is 11.3 Å². The molecule has 0 saturated heterocycles. The van der Waals surface area contributed by atoms with E-state index >= 15 is 0 Å². The number of ether oxygens (including phenoxy) is 1. The summed E-state index contributed by atoms with van der Waals surface area (Å²) in [4.78, 5) is 18.8. The van der Waals surface area contributed by atoms with Gasteiger partial charge in [-0.2, -0.15) is 4.98 Å². The number of benzene rings is 2. The Balaban J connectivity index is 1.69. The number of carbonyl (C=O) groups is 1. The fourth-order valence-corrected chi connectivity index (χ4v) is 2.81. The first-order valence-corrected chi connectivity index (χ1v) is 9.14. The summed E-state index contributed by atoms with van der Waals surface area (Å²) in [5, 5.41) is 4.53. The normalized spacial score (nSPS) is 11.6. The predicted octanol–water partition coefficient (Wildman–Crippen LogP) is 4.37. The van der Waals surface area contributed by atoms with Crippen LogP contribution < -0.4 is 4.74 Å². The first kappa shape index (κ1) is 19.6. The number of carbonyl (C=O) groups excluding carboxylic acids is 1. The largest absolute Gasteiger partial charge is 0.481 e. The van der Waals surface area contributed by atoms with Crippen molar-refractivity contribution in [1.82, 2.24) is 15.0 Å². The van der Waals surface area contributed by atoms with Gasteiger partial charge in [-0.25, -0.2) is 0 Å². The topological polar surface area (TPSA) is 68.5 Å². The van der Waals surface area contributed by atoms with Crippen molar-refractivity contribution < 1.29 is 14.1 Å². The maximum Gasteiger partial charge on any atom is 0.264 e. The van der Waals surface area contributed by atoms with Crippen molar-refractivity contribution in [1.29, 1.82) is 0 Å². The highest BCUT2D eigenvalue weighted by atomic mass is 35.5. The van der Waals surface area contributed by atoms with E-state index in [1.165, 1.54) is 0 Å². The van der Waals surface area contributed by atoms with E-state index in [1.54, 1.807) is 42.2 Å². The summed E-state index contributed by atoms with van der Waals surface area (Å²) in [6, 6.07) is 16.4. The van der Waals surface area contributed by atoms with Gasteiger partial charge in [-0.3, -0.25) is 4.79 Å². The van der Waals surface area contributed by atoms with Crippen LogP contribution in [0.15, 0.2) is 71.8 Å². The minimum Gasteiger partial charge on any atom is -0.481 e. The molecular weight excluding hydrogens is 378 g/mol. The molecule has 0 N–H and O–H groups in total. The SMILES string of the molecule is C=CCN(Cc1nc(-c2ccccc2)no1)C(=O)C(C)Oc1cccc(Cl)c1. The summed E-state index contributed by atoms with van der Waals surface area (Å²) in [5.41, 5.74) is 0.844. The summed E-state index contributed by atoms with van der Waals surface area (Å²) in [6.07, 6.45) is 0.924. The number of amides is 1. The summed E-state index contributed by atoms with van der Waals surface area (Å²) in [7, 11) is 0. The van der Waals surface area contributed by atoms with Crippen molar-refractivity contribution in [2.24, 2.45) is 0 Å². The summed E-state index contributed by atoms with van der Waals surface area (Å²) < 4.78 is 11.0. The monoisotopic (exact) mass is 397 g/mol. The number of hydrogen-bond donors (Lipinski definition) is 0. The molecule has 0 spiro atoms. The molecule has 0 radical (unpaired) electrons. The minimum atomic E-state index is -0.713. The summed E-state index contributed by atoms with van der Waals surface area (Å²) >= 11 is 5.96. The number of halogens is 1. The van der Waals surface area contributed by atoms with Gasteiger partial charge in [0.05, 0.1) is 0 Å². The van der Waals surface area contributed by atoms with Gasteiger partial charge in [-0.1, -0.05) is 59.2 Å². The smallest absolute Gasteiger partial charge is 0.264 e. The Morgan fingerprint density at radius 1 is 1.29 bits per heavy atom. The molecule has 0 bridgehead atoms. The zero-order chi connectivity index (χ0) is 19.9. The van der Waals surface area contributed by atoms with Gasteiger partial charge < -0.3 is 14.2 Å². The molecule has 1 unspecified atom stereocenters. The van der Waals surface area contributed by atoms with Crippen LogP contribution in [0.3, 0.4) is 0 Å². The Labute approximate surface area is 168 Å². The maximum absolute atomic E-state index is 12.8. The Morgan fingerprint density at radius 2 is 2.07 bits per heavy atom. The van der Waals surface area contributed by atoms with Crippen LogP contribution in [0.5, 0.6) is 5.75 Å². The van der Waals surface area contributed by atoms with Gasteiger partial charge in [0.25, 0.3) is 5.91 Å². The number of nitrogens with zero attached hydrogens (tertiary/aromatic N) is 3. The quantitative estimate of drug-likeness (QED) is 0.528. The second-order valence-corrected chi connectivity index (χ2v) is 6.54. The van der Waals surface area contributed by atoms with Crippen LogP contribution in [0.2, 0.25) is 5.02 Å². The van der Waals surface area contributed by atoms with Crippen LogP contribution in [0.25, 0.3) is 11.4 Å². The Hall–Kier alpha value is -3.12. The third-order valence-electron chi connectivity index (χ3n) is 3.94. The van der Waals surface area contributed by atoms with Crippen LogP contribution in [0.4, 0.5) is 0 Å². The highest BCUT2D eigenvalue weighted by Crippen LogP contribution is 2.20. The van der Waals surface area contributed by atoms with E-state index in [0.717, 1.165) is 5.56 Å². The van der Waals surface area contributed by atoms with Gasteiger partial charge in [0, 0.05) is 17.1 Å². The van der Waals surface area contributed by atoms with Crippen LogP contribution in [-0.4, -0.2) is 33.6 Å². The summed E-state index contributed by atoms with van der Waals surface area (Å²) in [6.45, 7) is 5.88. The first-order chi connectivity index (χ1) is 13.6. The van der Waals surface area contributed by atoms with E-state index in [2.05, 4.69) is 16.7 Å². The molecule has 1 atom stereocenters. The molecule has 1 amide bonds. The van der Waals surface area contributed by atoms with Crippen LogP contribution >= 0.6 is 11.6 Å². The minimum absolute atomic E-state index is 0.161. The number of rotatable bonds is 8. The van der Waals surface area contributed by atoms with Crippen LogP contribution in [0, 0.1) is 0 Å². The molecule has 0 saturated carbocycles. The standard InChI is InChI=1S/C21H20ClN3O3/c1-3-12-25(21(26)15(2)27-18-11-7-10-17(22)13-18)14-19-23-20(24-28-19)16-8-5-4-6-9-16/h3-11,13,15H,1,12,14H2,2H3. The highest BCUT2D eigenvalue weighted by molar-refractivity contribution is 6.30. The van der Waals surface area contributed by atoms with Crippen molar-refractivity contribution >= 4 is 17.5 Å². The first-order valence-electron chi connectivity index (χ1n) is 8.76. The lowest BCUT2D eigenvalue weighted by atomic mass is 10.2. The highest BCUT2D eigenvalue weighted by Gasteiger charge is 2.23. The summed E-state index contributed by atoms with van der Waals surface area (Å²) in [5.74, 6) is 1.12. The molecule has 1 heterocycles. The molecule has 3 rings (SSSR count). The van der Waals surface area contributed by atoms with Gasteiger partial charge in [-0.05, 0) is 25.1 Å². The van der Waals surface area contributed by atoms with Crippen LogP contribution in [0.1, 0.15) is 12.8 Å². The molecule has 0 aliphatic rings. The van der Waals surface area contributed by atoms with E-state index < -0.39 is 6.10 Å². The number of aromatic nitrogens is 2. The molecule has 28 heavy (non-hydrogen) atoms. The molecule has 144 valence electrons. The molecule has 0 aliphatic heterocycles. The van der Waals surface area contributed by atoms with E-state index in [9.17, 15) is 4.79 Å². The third-order valence-corrected chi connectivity index (χ3v) is 4.18. The van der Waals surface area contributed by atoms with E-state index in [1.807, 2.05) is 30.3 Å². The fraction of sp³-hybridized carbons (Fsp3) is 0.190. The van der Waals surface area contributed by atoms with Crippen molar-refractivity contribution in [3.63, 3.8) is 0 Å². The molecule has 3 aromatic rings. The lowest BCUT2D eigenvalue weighted by Gasteiger charge is -2.23. The molecule has 0 fully saturated rings. The van der Waals surface area contributed by atoms with Crippen molar-refractivity contribution in [3.05, 3.63) is 78.2 Å². The van der Waals surface area contributed by atoms with E-state index in [-0.39, 0.29) is 12.5 Å². The van der Waals surface area contributed by atoms with E-state index in [4.69, 9.17) is 20.9 Å². The number of hydrogen-bond acceptors (Lipinski definition) is 5. The Bertz CT molecular complexity index is 943. The fourth-order valence-electron chi connectivity index (χ4n) is 2.63. The average Bonchev–Trinajstić information content (AvgIpc) is 3.16. The Morgan fingerprint density at radius 3 is 2.79 bits per heavy atom. The average molecular weight is 398 g/mol. The molecular formula is C21H20ClN3O3. The van der Waals surface area contributed by atoms with Gasteiger partial charge in [0.1, 0.15) is 12.3 Å². The second kappa shape index (κ2) is 9.19. The zero-order valence-electron chi connectivity index (χ0n) is 15.4. The van der Waals surface area contributed by atoms with Gasteiger partial charge in [0.2, 0.25) is 11.7 Å². The lowest BCUT2D eigenvalue weighted by molar-refractivity contribution is -0.138. The van der Waals surface area contributed by atoms with Crippen molar-refractivity contribution in [2.45, 2.75) is 19.6 Å². The lowest BCUT2D eigenvalue weighted by Crippen LogP contribution is -2.40. The van der Waals surface area contributed by atoms with Gasteiger partial charge in [0.15, 0.2) is 6.10 Å². The molecule has 1 aromatic heterocycles. The maximum atomic E-state index is 12.8.